The monoisotopic (exact) mass is 292 g/mol. The van der Waals surface area contributed by atoms with E-state index < -0.39 is 0 Å². The fraction of sp³-hybridized carbons (Fsp3) is 0.600. The molecule has 2 rings (SSSR count). The van der Waals surface area contributed by atoms with Crippen LogP contribution in [0.4, 0.5) is 0 Å². The van der Waals surface area contributed by atoms with E-state index in [0.717, 1.165) is 11.4 Å². The highest BCUT2D eigenvalue weighted by atomic mass is 32.1. The van der Waals surface area contributed by atoms with Crippen LogP contribution in [0.1, 0.15) is 53.6 Å². The van der Waals surface area contributed by atoms with Gasteiger partial charge in [0, 0.05) is 29.2 Å². The van der Waals surface area contributed by atoms with E-state index in [1.54, 1.807) is 11.3 Å². The third-order valence-corrected chi connectivity index (χ3v) is 4.65. The highest BCUT2D eigenvalue weighted by molar-refractivity contribution is 7.11. The van der Waals surface area contributed by atoms with Gasteiger partial charge in [0.15, 0.2) is 0 Å². The summed E-state index contributed by atoms with van der Waals surface area (Å²) in [5, 5.41) is 9.14. The molecule has 2 aromatic heterocycles. The molecular weight excluding hydrogens is 268 g/mol. The minimum atomic E-state index is 0.132. The minimum Gasteiger partial charge on any atom is -0.302 e. The lowest BCUT2D eigenvalue weighted by Gasteiger charge is -2.19. The Hall–Kier alpha value is -1.20. The molecule has 0 saturated heterocycles. The molecule has 5 heteroatoms. The normalized spacial score (nSPS) is 13.2. The molecule has 2 heterocycles. The van der Waals surface area contributed by atoms with Crippen molar-refractivity contribution in [2.75, 3.05) is 0 Å². The summed E-state index contributed by atoms with van der Waals surface area (Å²) in [5.74, 6) is 0. The predicted octanol–water partition coefficient (Wildman–Crippen LogP) is 3.14. The number of aryl methyl sites for hydroxylation is 3. The lowest BCUT2D eigenvalue weighted by molar-refractivity contribution is 0.524. The molecule has 0 amide bonds. The molecule has 4 nitrogen and oxygen atoms in total. The van der Waals surface area contributed by atoms with Gasteiger partial charge in [-0.15, -0.1) is 11.3 Å². The second kappa shape index (κ2) is 6.06. The zero-order chi connectivity index (χ0) is 14.9. The quantitative estimate of drug-likeness (QED) is 0.920. The van der Waals surface area contributed by atoms with Crippen LogP contribution in [0.2, 0.25) is 0 Å². The highest BCUT2D eigenvalue weighted by Gasteiger charge is 2.23. The Morgan fingerprint density at radius 2 is 2.05 bits per heavy atom. The molecule has 0 fully saturated rings. The Labute approximate surface area is 125 Å². The Balaban J connectivity index is 2.44. The molecule has 0 saturated carbocycles. The highest BCUT2D eigenvalue weighted by Crippen LogP contribution is 2.30. The van der Waals surface area contributed by atoms with E-state index in [2.05, 4.69) is 45.0 Å². The van der Waals surface area contributed by atoms with Gasteiger partial charge >= 0.3 is 0 Å². The number of hydrogen-bond acceptors (Lipinski definition) is 4. The molecule has 20 heavy (non-hydrogen) atoms. The Morgan fingerprint density at radius 3 is 2.50 bits per heavy atom. The molecule has 0 aliphatic carbocycles. The van der Waals surface area contributed by atoms with E-state index in [4.69, 9.17) is 4.98 Å². The standard InChI is InChI=1S/C15H24N4S/c1-7-13-11(5)20-15(18-13)14(17-9(2)3)12-8-16-19(6)10(12)4/h8-9,14,17H,7H2,1-6H3. The molecule has 0 aromatic carbocycles. The van der Waals surface area contributed by atoms with Crippen LogP contribution in [0.3, 0.4) is 0 Å². The maximum absolute atomic E-state index is 4.83. The summed E-state index contributed by atoms with van der Waals surface area (Å²) in [6.07, 6.45) is 2.94. The Morgan fingerprint density at radius 1 is 1.35 bits per heavy atom. The van der Waals surface area contributed by atoms with Crippen molar-refractivity contribution in [1.82, 2.24) is 20.1 Å². The van der Waals surface area contributed by atoms with Crippen molar-refractivity contribution in [3.8, 4) is 0 Å². The lowest BCUT2D eigenvalue weighted by Crippen LogP contribution is -2.29. The summed E-state index contributed by atoms with van der Waals surface area (Å²) >= 11 is 1.79. The van der Waals surface area contributed by atoms with Crippen molar-refractivity contribution in [2.24, 2.45) is 7.05 Å². The first-order valence-corrected chi connectivity index (χ1v) is 7.96. The van der Waals surface area contributed by atoms with Crippen LogP contribution in [0.25, 0.3) is 0 Å². The van der Waals surface area contributed by atoms with E-state index in [1.165, 1.54) is 21.8 Å². The lowest BCUT2D eigenvalue weighted by atomic mass is 10.1. The summed E-state index contributed by atoms with van der Waals surface area (Å²) in [5.41, 5.74) is 3.62. The van der Waals surface area contributed by atoms with E-state index in [0.29, 0.717) is 6.04 Å². The SMILES string of the molecule is CCc1nc(C(NC(C)C)c2cnn(C)c2C)sc1C. The van der Waals surface area contributed by atoms with Crippen molar-refractivity contribution >= 4 is 11.3 Å². The Kier molecular flexibility index (Phi) is 4.60. The van der Waals surface area contributed by atoms with Gasteiger partial charge in [0.1, 0.15) is 5.01 Å². The number of hydrogen-bond donors (Lipinski definition) is 1. The van der Waals surface area contributed by atoms with Crippen LogP contribution in [0.5, 0.6) is 0 Å². The third kappa shape index (κ3) is 2.94. The second-order valence-electron chi connectivity index (χ2n) is 5.47. The molecule has 1 N–H and O–H groups in total. The van der Waals surface area contributed by atoms with Gasteiger partial charge in [0.25, 0.3) is 0 Å². The molecule has 1 atom stereocenters. The second-order valence-corrected chi connectivity index (χ2v) is 6.71. The molecule has 0 aliphatic heterocycles. The number of aromatic nitrogens is 3. The number of nitrogens with zero attached hydrogens (tertiary/aromatic N) is 3. The van der Waals surface area contributed by atoms with E-state index >= 15 is 0 Å². The topological polar surface area (TPSA) is 42.7 Å². The summed E-state index contributed by atoms with van der Waals surface area (Å²) in [6, 6.07) is 0.529. The molecule has 0 spiro atoms. The summed E-state index contributed by atoms with van der Waals surface area (Å²) in [7, 11) is 1.98. The van der Waals surface area contributed by atoms with Gasteiger partial charge in [-0.05, 0) is 34.1 Å². The molecule has 1 unspecified atom stereocenters. The van der Waals surface area contributed by atoms with Gasteiger partial charge in [-0.1, -0.05) is 6.92 Å². The van der Waals surface area contributed by atoms with Crippen LogP contribution in [0.15, 0.2) is 6.20 Å². The fourth-order valence-corrected chi connectivity index (χ4v) is 3.42. The summed E-state index contributed by atoms with van der Waals surface area (Å²) in [6.45, 7) is 10.8. The number of nitrogens with one attached hydrogen (secondary N) is 1. The molecule has 0 bridgehead atoms. The molecule has 110 valence electrons. The number of rotatable bonds is 5. The van der Waals surface area contributed by atoms with E-state index in [-0.39, 0.29) is 6.04 Å². The first kappa shape index (κ1) is 15.2. The maximum atomic E-state index is 4.83. The van der Waals surface area contributed by atoms with Gasteiger partial charge in [0.2, 0.25) is 0 Å². The number of thiazole rings is 1. The molecular formula is C15H24N4S. The van der Waals surface area contributed by atoms with Gasteiger partial charge in [-0.25, -0.2) is 4.98 Å². The van der Waals surface area contributed by atoms with Crippen molar-refractivity contribution in [3.05, 3.63) is 33.0 Å². The minimum absolute atomic E-state index is 0.132. The van der Waals surface area contributed by atoms with Crippen molar-refractivity contribution in [2.45, 2.75) is 53.1 Å². The zero-order valence-corrected chi connectivity index (χ0v) is 14.0. The third-order valence-electron chi connectivity index (χ3n) is 3.58. The summed E-state index contributed by atoms with van der Waals surface area (Å²) in [4.78, 5) is 6.15. The van der Waals surface area contributed by atoms with Crippen LogP contribution in [-0.4, -0.2) is 20.8 Å². The fourth-order valence-electron chi connectivity index (χ4n) is 2.33. The smallest absolute Gasteiger partial charge is 0.115 e. The van der Waals surface area contributed by atoms with Gasteiger partial charge < -0.3 is 5.32 Å². The molecule has 0 radical (unpaired) electrons. The van der Waals surface area contributed by atoms with E-state index in [9.17, 15) is 0 Å². The van der Waals surface area contributed by atoms with Crippen LogP contribution in [-0.2, 0) is 13.5 Å². The van der Waals surface area contributed by atoms with Crippen molar-refractivity contribution in [3.63, 3.8) is 0 Å². The molecule has 2 aromatic rings. The van der Waals surface area contributed by atoms with Crippen LogP contribution < -0.4 is 5.32 Å². The Bertz CT molecular complexity index is 583. The van der Waals surface area contributed by atoms with Gasteiger partial charge in [-0.2, -0.15) is 5.10 Å². The first-order valence-electron chi connectivity index (χ1n) is 7.14. The van der Waals surface area contributed by atoms with Crippen LogP contribution >= 0.6 is 11.3 Å². The van der Waals surface area contributed by atoms with Crippen LogP contribution in [0, 0.1) is 13.8 Å². The average Bonchev–Trinajstić information content (AvgIpc) is 2.91. The van der Waals surface area contributed by atoms with Gasteiger partial charge in [0.05, 0.1) is 17.9 Å². The zero-order valence-electron chi connectivity index (χ0n) is 13.2. The van der Waals surface area contributed by atoms with Crippen molar-refractivity contribution < 1.29 is 0 Å². The summed E-state index contributed by atoms with van der Waals surface area (Å²) < 4.78 is 1.92. The predicted molar refractivity (Wildman–Crippen MR) is 84.3 cm³/mol. The maximum Gasteiger partial charge on any atom is 0.115 e. The van der Waals surface area contributed by atoms with E-state index in [1.807, 2.05) is 17.9 Å². The van der Waals surface area contributed by atoms with Crippen molar-refractivity contribution in [1.29, 1.82) is 0 Å². The average molecular weight is 292 g/mol. The molecule has 0 aliphatic rings. The first-order chi connectivity index (χ1) is 9.43. The largest absolute Gasteiger partial charge is 0.302 e. The van der Waals surface area contributed by atoms with Gasteiger partial charge in [-0.3, -0.25) is 4.68 Å².